The van der Waals surface area contributed by atoms with Gasteiger partial charge in [0.15, 0.2) is 5.84 Å². The monoisotopic (exact) mass is 242 g/mol. The summed E-state index contributed by atoms with van der Waals surface area (Å²) < 4.78 is 13.0. The molecule has 88 valence electrons. The molecule has 1 aromatic carbocycles. The van der Waals surface area contributed by atoms with Gasteiger partial charge in [-0.1, -0.05) is 25.9 Å². The fraction of sp³-hybridized carbons (Fsp3) is 0.364. The van der Waals surface area contributed by atoms with Crippen molar-refractivity contribution in [1.29, 1.82) is 0 Å². The standard InChI is InChI=1S/C11H15FN2OS/c1-11(2,3)16-9-5-4-7(12)6-8(9)10(13)14-15/h4-6,15H,1-3H3,(H2,13,14). The Bertz CT molecular complexity index is 413. The minimum absolute atomic E-state index is 0.0255. The molecule has 16 heavy (non-hydrogen) atoms. The molecule has 0 amide bonds. The highest BCUT2D eigenvalue weighted by Gasteiger charge is 2.17. The van der Waals surface area contributed by atoms with Gasteiger partial charge in [-0.15, -0.1) is 11.8 Å². The quantitative estimate of drug-likeness (QED) is 0.276. The van der Waals surface area contributed by atoms with Crippen molar-refractivity contribution in [2.75, 3.05) is 0 Å². The van der Waals surface area contributed by atoms with Gasteiger partial charge in [0, 0.05) is 15.2 Å². The molecule has 0 saturated carbocycles. The second kappa shape index (κ2) is 4.74. The van der Waals surface area contributed by atoms with Crippen LogP contribution in [0.5, 0.6) is 0 Å². The molecule has 3 N–H and O–H groups in total. The first kappa shape index (κ1) is 12.8. The fourth-order valence-electron chi connectivity index (χ4n) is 1.18. The maximum absolute atomic E-state index is 13.1. The molecule has 3 nitrogen and oxygen atoms in total. The first-order chi connectivity index (χ1) is 7.33. The van der Waals surface area contributed by atoms with Crippen LogP contribution in [0.2, 0.25) is 0 Å². The Labute approximate surface area is 98.5 Å². The molecule has 5 heteroatoms. The van der Waals surface area contributed by atoms with E-state index in [4.69, 9.17) is 10.9 Å². The van der Waals surface area contributed by atoms with Crippen molar-refractivity contribution in [3.05, 3.63) is 29.6 Å². The summed E-state index contributed by atoms with van der Waals surface area (Å²) >= 11 is 1.54. The summed E-state index contributed by atoms with van der Waals surface area (Å²) in [6, 6.07) is 4.27. The molecule has 0 fully saturated rings. The molecule has 0 radical (unpaired) electrons. The highest BCUT2D eigenvalue weighted by atomic mass is 32.2. The largest absolute Gasteiger partial charge is 0.409 e. The lowest BCUT2D eigenvalue weighted by atomic mass is 10.2. The first-order valence-corrected chi connectivity index (χ1v) is 5.61. The van der Waals surface area contributed by atoms with Gasteiger partial charge in [0.2, 0.25) is 0 Å². The summed E-state index contributed by atoms with van der Waals surface area (Å²) in [7, 11) is 0. The van der Waals surface area contributed by atoms with Crippen LogP contribution in [0.1, 0.15) is 26.3 Å². The highest BCUT2D eigenvalue weighted by molar-refractivity contribution is 8.00. The predicted octanol–water partition coefficient (Wildman–Crippen LogP) is 2.81. The second-order valence-corrected chi connectivity index (χ2v) is 6.21. The van der Waals surface area contributed by atoms with Gasteiger partial charge in [-0.05, 0) is 18.2 Å². The molecule has 0 saturated heterocycles. The summed E-state index contributed by atoms with van der Waals surface area (Å²) in [5.74, 6) is -0.480. The third-order valence-corrected chi connectivity index (χ3v) is 2.93. The van der Waals surface area contributed by atoms with Crippen LogP contribution in [0.15, 0.2) is 28.3 Å². The van der Waals surface area contributed by atoms with E-state index in [-0.39, 0.29) is 10.6 Å². The van der Waals surface area contributed by atoms with E-state index in [0.29, 0.717) is 5.56 Å². The van der Waals surface area contributed by atoms with Crippen LogP contribution in [0.4, 0.5) is 4.39 Å². The molecule has 0 aliphatic carbocycles. The van der Waals surface area contributed by atoms with E-state index in [9.17, 15) is 4.39 Å². The number of thioether (sulfide) groups is 1. The van der Waals surface area contributed by atoms with Crippen LogP contribution in [0, 0.1) is 5.82 Å². The molecular weight excluding hydrogens is 227 g/mol. The zero-order chi connectivity index (χ0) is 12.3. The van der Waals surface area contributed by atoms with Crippen LogP contribution in [-0.4, -0.2) is 15.8 Å². The number of hydrogen-bond donors (Lipinski definition) is 2. The van der Waals surface area contributed by atoms with Gasteiger partial charge in [-0.25, -0.2) is 4.39 Å². The summed E-state index contributed by atoms with van der Waals surface area (Å²) in [4.78, 5) is 0.796. The van der Waals surface area contributed by atoms with Crippen molar-refractivity contribution < 1.29 is 9.60 Å². The number of halogens is 1. The topological polar surface area (TPSA) is 58.6 Å². The molecule has 0 unspecified atom stereocenters. The number of nitrogens with two attached hydrogens (primary N) is 1. The smallest absolute Gasteiger partial charge is 0.171 e. The van der Waals surface area contributed by atoms with Gasteiger partial charge in [0.25, 0.3) is 0 Å². The zero-order valence-electron chi connectivity index (χ0n) is 9.49. The molecule has 1 aromatic rings. The molecular formula is C11H15FN2OS. The van der Waals surface area contributed by atoms with Crippen molar-refractivity contribution in [1.82, 2.24) is 0 Å². The number of rotatable bonds is 2. The molecule has 0 spiro atoms. The van der Waals surface area contributed by atoms with Crippen molar-refractivity contribution >= 4 is 17.6 Å². The van der Waals surface area contributed by atoms with Gasteiger partial charge in [-0.3, -0.25) is 0 Å². The fourth-order valence-corrected chi connectivity index (χ4v) is 2.24. The van der Waals surface area contributed by atoms with Crippen molar-refractivity contribution in [3.8, 4) is 0 Å². The minimum atomic E-state index is -0.403. The predicted molar refractivity (Wildman–Crippen MR) is 64.5 cm³/mol. The van der Waals surface area contributed by atoms with E-state index >= 15 is 0 Å². The second-order valence-electron chi connectivity index (χ2n) is 4.34. The lowest BCUT2D eigenvalue weighted by molar-refractivity contribution is 0.318. The van der Waals surface area contributed by atoms with E-state index in [2.05, 4.69) is 5.16 Å². The Balaban J connectivity index is 3.18. The lowest BCUT2D eigenvalue weighted by Crippen LogP contribution is -2.16. The SMILES string of the molecule is CC(C)(C)Sc1ccc(F)cc1C(N)=NO. The van der Waals surface area contributed by atoms with E-state index < -0.39 is 5.82 Å². The van der Waals surface area contributed by atoms with Gasteiger partial charge in [-0.2, -0.15) is 0 Å². The van der Waals surface area contributed by atoms with Crippen molar-refractivity contribution in [2.45, 2.75) is 30.4 Å². The summed E-state index contributed by atoms with van der Waals surface area (Å²) in [6.07, 6.45) is 0. The van der Waals surface area contributed by atoms with Crippen LogP contribution in [-0.2, 0) is 0 Å². The Hall–Kier alpha value is -1.23. The highest BCUT2D eigenvalue weighted by Crippen LogP contribution is 2.34. The van der Waals surface area contributed by atoms with E-state index in [1.807, 2.05) is 20.8 Å². The molecule has 1 rings (SSSR count). The zero-order valence-corrected chi connectivity index (χ0v) is 10.3. The van der Waals surface area contributed by atoms with Crippen LogP contribution in [0.3, 0.4) is 0 Å². The molecule has 0 aromatic heterocycles. The van der Waals surface area contributed by atoms with Crippen LogP contribution >= 0.6 is 11.8 Å². The van der Waals surface area contributed by atoms with Crippen molar-refractivity contribution in [2.24, 2.45) is 10.9 Å². The lowest BCUT2D eigenvalue weighted by Gasteiger charge is -2.19. The first-order valence-electron chi connectivity index (χ1n) is 4.80. The Kier molecular flexibility index (Phi) is 3.80. The van der Waals surface area contributed by atoms with E-state index in [1.54, 1.807) is 17.8 Å². The maximum Gasteiger partial charge on any atom is 0.171 e. The van der Waals surface area contributed by atoms with Crippen LogP contribution in [0.25, 0.3) is 0 Å². The number of nitrogens with zero attached hydrogens (tertiary/aromatic N) is 1. The third kappa shape index (κ3) is 3.41. The number of oxime groups is 1. The number of amidine groups is 1. The Morgan fingerprint density at radius 2 is 2.06 bits per heavy atom. The van der Waals surface area contributed by atoms with Gasteiger partial charge in [0.1, 0.15) is 5.82 Å². The van der Waals surface area contributed by atoms with E-state index in [1.165, 1.54) is 12.1 Å². The third-order valence-electron chi connectivity index (χ3n) is 1.74. The van der Waals surface area contributed by atoms with E-state index in [0.717, 1.165) is 4.90 Å². The number of benzene rings is 1. The molecule has 0 aliphatic rings. The summed E-state index contributed by atoms with van der Waals surface area (Å²) in [6.45, 7) is 6.12. The minimum Gasteiger partial charge on any atom is -0.409 e. The average Bonchev–Trinajstić information content (AvgIpc) is 2.17. The molecule has 0 heterocycles. The summed E-state index contributed by atoms with van der Waals surface area (Å²) in [5, 5.41) is 11.5. The normalized spacial score (nSPS) is 12.9. The van der Waals surface area contributed by atoms with Crippen molar-refractivity contribution in [3.63, 3.8) is 0 Å². The van der Waals surface area contributed by atoms with Crippen LogP contribution < -0.4 is 5.73 Å². The summed E-state index contributed by atoms with van der Waals surface area (Å²) in [5.41, 5.74) is 5.92. The van der Waals surface area contributed by atoms with Gasteiger partial charge >= 0.3 is 0 Å². The molecule has 0 aliphatic heterocycles. The van der Waals surface area contributed by atoms with Gasteiger partial charge < -0.3 is 10.9 Å². The molecule has 0 bridgehead atoms. The van der Waals surface area contributed by atoms with Gasteiger partial charge in [0.05, 0.1) is 0 Å². The average molecular weight is 242 g/mol. The Morgan fingerprint density at radius 3 is 2.56 bits per heavy atom. The number of hydrogen-bond acceptors (Lipinski definition) is 3. The Morgan fingerprint density at radius 1 is 1.44 bits per heavy atom. The maximum atomic E-state index is 13.1. The molecule has 0 atom stereocenters.